The average Bonchev–Trinajstić information content (AvgIpc) is 2.95. The van der Waals surface area contributed by atoms with Crippen molar-refractivity contribution >= 4 is 33.6 Å². The van der Waals surface area contributed by atoms with Gasteiger partial charge >= 0.3 is 0 Å². The molecule has 0 aliphatic carbocycles. The second-order valence-electron chi connectivity index (χ2n) is 4.24. The van der Waals surface area contributed by atoms with E-state index in [1.54, 1.807) is 13.3 Å². The fourth-order valence-corrected chi connectivity index (χ4v) is 2.57. The molecule has 0 atom stereocenters. The summed E-state index contributed by atoms with van der Waals surface area (Å²) in [4.78, 5) is 19.0. The molecule has 0 unspecified atom stereocenters. The number of methoxy groups -OCH3 is 1. The second kappa shape index (κ2) is 8.21. The number of H-pyrrole nitrogens is 1. The van der Waals surface area contributed by atoms with Gasteiger partial charge in [-0.15, -0.1) is 0 Å². The molecule has 112 valence electrons. The molecule has 0 aliphatic heterocycles. The van der Waals surface area contributed by atoms with E-state index in [1.165, 1.54) is 11.8 Å². The summed E-state index contributed by atoms with van der Waals surface area (Å²) in [5.74, 6) is 0.301. The Balaban J connectivity index is 1.86. The summed E-state index contributed by atoms with van der Waals surface area (Å²) in [6, 6.07) is 7.96. The fraction of sp³-hybridized carbons (Fsp3) is 0.286. The number of carbonyl (C=O) groups is 1. The van der Waals surface area contributed by atoms with Crippen LogP contribution < -0.4 is 5.32 Å². The van der Waals surface area contributed by atoms with Crippen LogP contribution >= 0.6 is 27.7 Å². The number of aromatic amines is 1. The number of ether oxygens (including phenoxy) is 1. The Kier molecular flexibility index (Phi) is 6.28. The maximum Gasteiger partial charge on any atom is 0.230 e. The van der Waals surface area contributed by atoms with E-state index in [2.05, 4.69) is 31.2 Å². The third-order valence-corrected chi connectivity index (χ3v) is 4.09. The quantitative estimate of drug-likeness (QED) is 0.581. The molecule has 0 aliphatic rings. The average molecular weight is 370 g/mol. The Hall–Kier alpha value is -1.31. The van der Waals surface area contributed by atoms with Crippen LogP contribution in [-0.2, 0) is 9.53 Å². The molecule has 0 spiro atoms. The maximum atomic E-state index is 11.6. The van der Waals surface area contributed by atoms with Crippen LogP contribution in [0.25, 0.3) is 11.3 Å². The molecular formula is C14H16BrN3O2S. The lowest BCUT2D eigenvalue weighted by molar-refractivity contribution is -0.118. The highest BCUT2D eigenvalue weighted by molar-refractivity contribution is 9.10. The molecule has 2 rings (SSSR count). The third-order valence-electron chi connectivity index (χ3n) is 2.68. The highest BCUT2D eigenvalue weighted by atomic mass is 79.9. The molecule has 5 nitrogen and oxygen atoms in total. The van der Waals surface area contributed by atoms with E-state index in [4.69, 9.17) is 4.74 Å². The van der Waals surface area contributed by atoms with Crippen molar-refractivity contribution in [2.75, 3.05) is 26.0 Å². The van der Waals surface area contributed by atoms with Crippen LogP contribution in [0.4, 0.5) is 0 Å². The van der Waals surface area contributed by atoms with Crippen molar-refractivity contribution in [1.29, 1.82) is 0 Å². The summed E-state index contributed by atoms with van der Waals surface area (Å²) in [6.45, 7) is 1.04. The Labute approximate surface area is 136 Å². The molecule has 0 saturated carbocycles. The Morgan fingerprint density at radius 1 is 1.43 bits per heavy atom. The first-order valence-corrected chi connectivity index (χ1v) is 8.16. The van der Waals surface area contributed by atoms with Crippen molar-refractivity contribution in [3.05, 3.63) is 34.9 Å². The van der Waals surface area contributed by atoms with Crippen molar-refractivity contribution in [2.24, 2.45) is 0 Å². The number of nitrogens with zero attached hydrogens (tertiary/aromatic N) is 1. The maximum absolute atomic E-state index is 11.6. The van der Waals surface area contributed by atoms with Crippen molar-refractivity contribution in [3.63, 3.8) is 0 Å². The SMILES string of the molecule is COCCNC(=O)CSc1ncc(-c2ccc(Br)cc2)[nH]1. The van der Waals surface area contributed by atoms with Crippen molar-refractivity contribution < 1.29 is 9.53 Å². The van der Waals surface area contributed by atoms with E-state index >= 15 is 0 Å². The van der Waals surface area contributed by atoms with Crippen molar-refractivity contribution in [2.45, 2.75) is 5.16 Å². The van der Waals surface area contributed by atoms with Crippen LogP contribution in [0.2, 0.25) is 0 Å². The van der Waals surface area contributed by atoms with E-state index in [9.17, 15) is 4.79 Å². The van der Waals surface area contributed by atoms with Crippen LogP contribution in [0.15, 0.2) is 40.1 Å². The third kappa shape index (κ3) is 5.18. The van der Waals surface area contributed by atoms with Gasteiger partial charge in [0.1, 0.15) is 0 Å². The Morgan fingerprint density at radius 3 is 2.90 bits per heavy atom. The summed E-state index contributed by atoms with van der Waals surface area (Å²) < 4.78 is 5.91. The number of amides is 1. The first-order valence-electron chi connectivity index (χ1n) is 6.38. The minimum absolute atomic E-state index is 0.0290. The van der Waals surface area contributed by atoms with Crippen molar-refractivity contribution in [3.8, 4) is 11.3 Å². The molecule has 1 aromatic carbocycles. The van der Waals surface area contributed by atoms with E-state index in [0.717, 1.165) is 20.9 Å². The Bertz CT molecular complexity index is 586. The number of nitrogens with one attached hydrogen (secondary N) is 2. The highest BCUT2D eigenvalue weighted by Gasteiger charge is 2.07. The number of hydrogen-bond donors (Lipinski definition) is 2. The zero-order chi connectivity index (χ0) is 15.1. The minimum atomic E-state index is -0.0290. The van der Waals surface area contributed by atoms with Gasteiger partial charge in [-0.3, -0.25) is 4.79 Å². The van der Waals surface area contributed by atoms with Gasteiger partial charge in [0.25, 0.3) is 0 Å². The molecule has 7 heteroatoms. The largest absolute Gasteiger partial charge is 0.383 e. The van der Waals surface area contributed by atoms with E-state index < -0.39 is 0 Å². The van der Waals surface area contributed by atoms with Gasteiger partial charge in [-0.2, -0.15) is 0 Å². The number of thioether (sulfide) groups is 1. The molecule has 0 bridgehead atoms. The predicted molar refractivity (Wildman–Crippen MR) is 87.3 cm³/mol. The Morgan fingerprint density at radius 2 is 2.19 bits per heavy atom. The summed E-state index contributed by atoms with van der Waals surface area (Å²) >= 11 is 4.78. The predicted octanol–water partition coefficient (Wildman–Crippen LogP) is 2.69. The van der Waals surface area contributed by atoms with Gasteiger partial charge in [0, 0.05) is 18.1 Å². The number of rotatable bonds is 7. The smallest absolute Gasteiger partial charge is 0.230 e. The van der Waals surface area contributed by atoms with E-state index in [-0.39, 0.29) is 5.91 Å². The minimum Gasteiger partial charge on any atom is -0.383 e. The molecule has 2 aromatic rings. The summed E-state index contributed by atoms with van der Waals surface area (Å²) in [5, 5.41) is 3.50. The lowest BCUT2D eigenvalue weighted by Crippen LogP contribution is -2.28. The van der Waals surface area contributed by atoms with Gasteiger partial charge in [-0.25, -0.2) is 4.98 Å². The summed E-state index contributed by atoms with van der Waals surface area (Å²) in [5.41, 5.74) is 1.99. The molecule has 1 amide bonds. The molecule has 0 saturated heterocycles. The van der Waals surface area contributed by atoms with Crippen LogP contribution in [0.1, 0.15) is 0 Å². The molecule has 0 radical (unpaired) electrons. The topological polar surface area (TPSA) is 67.0 Å². The van der Waals surface area contributed by atoms with Gasteiger partial charge in [0.2, 0.25) is 5.91 Å². The van der Waals surface area contributed by atoms with Gasteiger partial charge < -0.3 is 15.0 Å². The first-order chi connectivity index (χ1) is 10.2. The van der Waals surface area contributed by atoms with E-state index in [0.29, 0.717) is 18.9 Å². The van der Waals surface area contributed by atoms with Crippen LogP contribution in [-0.4, -0.2) is 41.9 Å². The van der Waals surface area contributed by atoms with Crippen LogP contribution in [0.3, 0.4) is 0 Å². The summed E-state index contributed by atoms with van der Waals surface area (Å²) in [7, 11) is 1.60. The lowest BCUT2D eigenvalue weighted by Gasteiger charge is -2.02. The van der Waals surface area contributed by atoms with Crippen molar-refractivity contribution in [1.82, 2.24) is 15.3 Å². The van der Waals surface area contributed by atoms with E-state index in [1.807, 2.05) is 24.3 Å². The fourth-order valence-electron chi connectivity index (χ4n) is 1.63. The van der Waals surface area contributed by atoms with Gasteiger partial charge in [-0.1, -0.05) is 39.8 Å². The molecule has 21 heavy (non-hydrogen) atoms. The summed E-state index contributed by atoms with van der Waals surface area (Å²) in [6.07, 6.45) is 1.77. The second-order valence-corrected chi connectivity index (χ2v) is 6.12. The molecule has 2 N–H and O–H groups in total. The van der Waals surface area contributed by atoms with Gasteiger partial charge in [0.05, 0.1) is 24.3 Å². The zero-order valence-electron chi connectivity index (χ0n) is 11.6. The number of aromatic nitrogens is 2. The van der Waals surface area contributed by atoms with Gasteiger partial charge in [0.15, 0.2) is 5.16 Å². The normalized spacial score (nSPS) is 10.6. The zero-order valence-corrected chi connectivity index (χ0v) is 14.0. The number of halogens is 1. The number of imidazole rings is 1. The molecule has 1 aromatic heterocycles. The molecular weight excluding hydrogens is 354 g/mol. The first kappa shape index (κ1) is 16.1. The monoisotopic (exact) mass is 369 g/mol. The van der Waals surface area contributed by atoms with Gasteiger partial charge in [-0.05, 0) is 17.7 Å². The van der Waals surface area contributed by atoms with Crippen LogP contribution in [0.5, 0.6) is 0 Å². The number of carbonyl (C=O) groups excluding carboxylic acids is 1. The lowest BCUT2D eigenvalue weighted by atomic mass is 10.2. The standard InChI is InChI=1S/C14H16BrN3O2S/c1-20-7-6-16-13(19)9-21-14-17-8-12(18-14)10-2-4-11(15)5-3-10/h2-5,8H,6-7,9H2,1H3,(H,16,19)(H,17,18). The molecule has 0 fully saturated rings. The molecule has 1 heterocycles. The van der Waals surface area contributed by atoms with Crippen LogP contribution in [0, 0.1) is 0 Å². The number of hydrogen-bond acceptors (Lipinski definition) is 4. The number of benzene rings is 1. The highest BCUT2D eigenvalue weighted by Crippen LogP contribution is 2.22.